The number of carbonyl (C=O) groups excluding carboxylic acids is 1. The number of hydrogen-bond acceptors (Lipinski definition) is 3. The number of nitrogens with zero attached hydrogens (tertiary/aromatic N) is 2. The second-order valence-corrected chi connectivity index (χ2v) is 5.86. The van der Waals surface area contributed by atoms with Gasteiger partial charge in [0.2, 0.25) is 0 Å². The minimum Gasteiger partial charge on any atom is -0.393 e. The van der Waals surface area contributed by atoms with Gasteiger partial charge < -0.3 is 10.0 Å². The third-order valence-corrected chi connectivity index (χ3v) is 4.40. The van der Waals surface area contributed by atoms with E-state index in [0.717, 1.165) is 16.5 Å². The molecule has 2 aromatic rings. The van der Waals surface area contributed by atoms with Gasteiger partial charge in [0.15, 0.2) is 0 Å². The third-order valence-electron chi connectivity index (χ3n) is 4.10. The summed E-state index contributed by atoms with van der Waals surface area (Å²) in [6.07, 6.45) is 2.59. The number of halogens is 1. The van der Waals surface area contributed by atoms with E-state index in [4.69, 9.17) is 11.6 Å². The van der Waals surface area contributed by atoms with Crippen molar-refractivity contribution in [2.45, 2.75) is 25.9 Å². The zero-order valence-corrected chi connectivity index (χ0v) is 12.6. The lowest BCUT2D eigenvalue weighted by molar-refractivity contribution is 0.0546. The predicted octanol–water partition coefficient (Wildman–Crippen LogP) is 2.79. The Morgan fingerprint density at radius 2 is 2.10 bits per heavy atom. The first kappa shape index (κ1) is 14.3. The minimum atomic E-state index is -0.288. The minimum absolute atomic E-state index is 0.0197. The number of piperidine rings is 1. The summed E-state index contributed by atoms with van der Waals surface area (Å²) in [4.78, 5) is 18.8. The highest BCUT2D eigenvalue weighted by atomic mass is 35.5. The van der Waals surface area contributed by atoms with Crippen molar-refractivity contribution in [1.82, 2.24) is 9.88 Å². The number of fused-ring (bicyclic) bond motifs is 1. The van der Waals surface area contributed by atoms with Crippen molar-refractivity contribution in [1.29, 1.82) is 0 Å². The number of benzene rings is 1. The van der Waals surface area contributed by atoms with Gasteiger partial charge in [-0.3, -0.25) is 9.78 Å². The van der Waals surface area contributed by atoms with E-state index in [1.54, 1.807) is 17.2 Å². The summed E-state index contributed by atoms with van der Waals surface area (Å²) in [7, 11) is 0. The van der Waals surface area contributed by atoms with Crippen LogP contribution in [0.1, 0.15) is 28.8 Å². The quantitative estimate of drug-likeness (QED) is 0.881. The van der Waals surface area contributed by atoms with Gasteiger partial charge in [-0.1, -0.05) is 23.7 Å². The molecular formula is C16H17ClN2O2. The van der Waals surface area contributed by atoms with E-state index in [1.807, 2.05) is 19.1 Å². The van der Waals surface area contributed by atoms with Crippen molar-refractivity contribution in [3.8, 4) is 0 Å². The first-order valence-electron chi connectivity index (χ1n) is 7.09. The number of amides is 1. The van der Waals surface area contributed by atoms with Gasteiger partial charge in [-0.25, -0.2) is 0 Å². The molecule has 1 fully saturated rings. The molecule has 110 valence electrons. The van der Waals surface area contributed by atoms with E-state index >= 15 is 0 Å². The Morgan fingerprint density at radius 3 is 2.81 bits per heavy atom. The molecule has 0 saturated carbocycles. The molecule has 1 aliphatic rings. The van der Waals surface area contributed by atoms with Crippen LogP contribution in [0.4, 0.5) is 0 Å². The summed E-state index contributed by atoms with van der Waals surface area (Å²) in [5, 5.41) is 11.0. The number of rotatable bonds is 1. The summed E-state index contributed by atoms with van der Waals surface area (Å²) in [6, 6.07) is 5.59. The van der Waals surface area contributed by atoms with E-state index in [1.165, 1.54) is 0 Å². The van der Waals surface area contributed by atoms with E-state index in [-0.39, 0.29) is 12.0 Å². The molecule has 0 unspecified atom stereocenters. The second kappa shape index (κ2) is 5.62. The monoisotopic (exact) mass is 304 g/mol. The molecule has 1 N–H and O–H groups in total. The topological polar surface area (TPSA) is 53.4 Å². The van der Waals surface area contributed by atoms with Crippen molar-refractivity contribution < 1.29 is 9.90 Å². The molecule has 0 bridgehead atoms. The van der Waals surface area contributed by atoms with E-state index in [9.17, 15) is 9.90 Å². The maximum absolute atomic E-state index is 12.6. The van der Waals surface area contributed by atoms with Crippen LogP contribution in [0.2, 0.25) is 5.02 Å². The van der Waals surface area contributed by atoms with E-state index in [2.05, 4.69) is 4.98 Å². The molecule has 0 spiro atoms. The molecule has 3 rings (SSSR count). The van der Waals surface area contributed by atoms with Gasteiger partial charge in [0, 0.05) is 24.7 Å². The largest absolute Gasteiger partial charge is 0.393 e. The summed E-state index contributed by atoms with van der Waals surface area (Å²) in [5.41, 5.74) is 2.24. The van der Waals surface area contributed by atoms with Crippen LogP contribution in [0.3, 0.4) is 0 Å². The van der Waals surface area contributed by atoms with Crippen molar-refractivity contribution in [2.24, 2.45) is 0 Å². The predicted molar refractivity (Wildman–Crippen MR) is 82.6 cm³/mol. The summed E-state index contributed by atoms with van der Waals surface area (Å²) in [6.45, 7) is 3.10. The number of aliphatic hydroxyl groups excluding tert-OH is 1. The zero-order chi connectivity index (χ0) is 15.0. The molecule has 0 aliphatic carbocycles. The first-order chi connectivity index (χ1) is 10.1. The van der Waals surface area contributed by atoms with Crippen LogP contribution in [-0.4, -0.2) is 40.1 Å². The van der Waals surface area contributed by atoms with Gasteiger partial charge in [0.05, 0.1) is 22.2 Å². The Bertz CT molecular complexity index is 694. The zero-order valence-electron chi connectivity index (χ0n) is 11.8. The van der Waals surface area contributed by atoms with Gasteiger partial charge in [-0.2, -0.15) is 0 Å². The molecule has 1 amide bonds. The van der Waals surface area contributed by atoms with Crippen molar-refractivity contribution in [3.05, 3.63) is 40.5 Å². The molecule has 2 heterocycles. The highest BCUT2D eigenvalue weighted by molar-refractivity contribution is 6.35. The first-order valence-corrected chi connectivity index (χ1v) is 7.47. The second-order valence-electron chi connectivity index (χ2n) is 5.46. The van der Waals surface area contributed by atoms with Crippen LogP contribution in [0.15, 0.2) is 24.4 Å². The fraction of sp³-hybridized carbons (Fsp3) is 0.375. The summed E-state index contributed by atoms with van der Waals surface area (Å²) < 4.78 is 0. The Balaban J connectivity index is 1.97. The number of aryl methyl sites for hydroxylation is 1. The van der Waals surface area contributed by atoms with Crippen LogP contribution >= 0.6 is 11.6 Å². The Kier molecular flexibility index (Phi) is 3.83. The van der Waals surface area contributed by atoms with Crippen molar-refractivity contribution in [3.63, 3.8) is 0 Å². The number of pyridine rings is 1. The van der Waals surface area contributed by atoms with Crippen LogP contribution in [0.5, 0.6) is 0 Å². The molecule has 1 aromatic carbocycles. The van der Waals surface area contributed by atoms with Gasteiger partial charge >= 0.3 is 0 Å². The molecule has 5 heteroatoms. The molecule has 4 nitrogen and oxygen atoms in total. The van der Waals surface area contributed by atoms with Crippen molar-refractivity contribution >= 4 is 28.4 Å². The van der Waals surface area contributed by atoms with Gasteiger partial charge in [0.25, 0.3) is 5.91 Å². The fourth-order valence-corrected chi connectivity index (χ4v) is 3.00. The fourth-order valence-electron chi connectivity index (χ4n) is 2.78. The Labute approximate surface area is 128 Å². The lowest BCUT2D eigenvalue weighted by Crippen LogP contribution is -2.40. The number of para-hydroxylation sites is 1. The highest BCUT2D eigenvalue weighted by Crippen LogP contribution is 2.26. The summed E-state index contributed by atoms with van der Waals surface area (Å²) >= 11 is 6.14. The molecule has 21 heavy (non-hydrogen) atoms. The highest BCUT2D eigenvalue weighted by Gasteiger charge is 2.24. The van der Waals surface area contributed by atoms with Crippen LogP contribution in [0.25, 0.3) is 10.9 Å². The lowest BCUT2D eigenvalue weighted by Gasteiger charge is -2.30. The number of hydrogen-bond donors (Lipinski definition) is 1. The number of aromatic nitrogens is 1. The summed E-state index contributed by atoms with van der Waals surface area (Å²) in [5.74, 6) is -0.0197. The molecule has 0 atom stereocenters. The smallest absolute Gasteiger partial charge is 0.255 e. The van der Waals surface area contributed by atoms with E-state index in [0.29, 0.717) is 36.5 Å². The van der Waals surface area contributed by atoms with Gasteiger partial charge in [-0.15, -0.1) is 0 Å². The normalized spacial score (nSPS) is 16.4. The standard InChI is InChI=1S/C16H17ClN2O2/c1-10-12-3-2-4-14(17)15(12)18-9-13(10)16(21)19-7-5-11(20)6-8-19/h2-4,9,11,20H,5-8H2,1H3. The number of aliphatic hydroxyl groups is 1. The molecule has 1 saturated heterocycles. The average Bonchev–Trinajstić information content (AvgIpc) is 2.49. The number of likely N-dealkylation sites (tertiary alicyclic amines) is 1. The van der Waals surface area contributed by atoms with Crippen molar-refractivity contribution in [2.75, 3.05) is 13.1 Å². The molecule has 1 aliphatic heterocycles. The molecule has 1 aromatic heterocycles. The van der Waals surface area contributed by atoms with Crippen LogP contribution < -0.4 is 0 Å². The SMILES string of the molecule is Cc1c(C(=O)N2CCC(O)CC2)cnc2c(Cl)cccc12. The Morgan fingerprint density at radius 1 is 1.38 bits per heavy atom. The average molecular weight is 305 g/mol. The van der Waals surface area contributed by atoms with E-state index < -0.39 is 0 Å². The van der Waals surface area contributed by atoms with Crippen LogP contribution in [0, 0.1) is 6.92 Å². The Hall–Kier alpha value is -1.65. The molecule has 0 radical (unpaired) electrons. The lowest BCUT2D eigenvalue weighted by atomic mass is 10.0. The van der Waals surface area contributed by atoms with Gasteiger partial charge in [0.1, 0.15) is 0 Å². The van der Waals surface area contributed by atoms with Gasteiger partial charge in [-0.05, 0) is 31.4 Å². The number of carbonyl (C=O) groups is 1. The maximum Gasteiger partial charge on any atom is 0.255 e. The molecular weight excluding hydrogens is 288 g/mol. The third kappa shape index (κ3) is 2.61. The maximum atomic E-state index is 12.6. The van der Waals surface area contributed by atoms with Crippen LogP contribution in [-0.2, 0) is 0 Å².